The highest BCUT2D eigenvalue weighted by Crippen LogP contribution is 2.29. The lowest BCUT2D eigenvalue weighted by Gasteiger charge is -2.15. The summed E-state index contributed by atoms with van der Waals surface area (Å²) < 4.78 is 2.08. The molecule has 102 valence electrons. The van der Waals surface area contributed by atoms with Gasteiger partial charge in [-0.05, 0) is 32.8 Å². The van der Waals surface area contributed by atoms with Gasteiger partial charge >= 0.3 is 0 Å². The van der Waals surface area contributed by atoms with Crippen LogP contribution in [0, 0.1) is 6.92 Å². The summed E-state index contributed by atoms with van der Waals surface area (Å²) in [4.78, 5) is 0. The number of hydrogen-bond acceptors (Lipinski definition) is 3. The van der Waals surface area contributed by atoms with E-state index in [1.165, 1.54) is 31.4 Å². The van der Waals surface area contributed by atoms with Gasteiger partial charge in [0.1, 0.15) is 0 Å². The topological polar surface area (TPSA) is 43.8 Å². The van der Waals surface area contributed by atoms with Crippen LogP contribution in [-0.4, -0.2) is 26.8 Å². The Morgan fingerprint density at radius 2 is 2.22 bits per heavy atom. The lowest BCUT2D eigenvalue weighted by atomic mass is 10.2. The minimum absolute atomic E-state index is 0.261. The van der Waals surface area contributed by atoms with Crippen LogP contribution in [0.5, 0.6) is 0 Å². The Bertz CT molecular complexity index is 369. The quantitative estimate of drug-likeness (QED) is 0.862. The molecule has 4 heteroatoms. The second-order valence-electron chi connectivity index (χ2n) is 5.30. The Morgan fingerprint density at radius 3 is 2.89 bits per heavy atom. The summed E-state index contributed by atoms with van der Waals surface area (Å²) >= 11 is 2.08. The predicted molar refractivity (Wildman–Crippen MR) is 79.0 cm³/mol. The van der Waals surface area contributed by atoms with Crippen LogP contribution in [0.3, 0.4) is 0 Å². The van der Waals surface area contributed by atoms with Crippen molar-refractivity contribution in [1.82, 2.24) is 9.78 Å². The smallest absolute Gasteiger partial charge is 0.0596 e. The van der Waals surface area contributed by atoms with E-state index in [2.05, 4.69) is 41.5 Å². The monoisotopic (exact) mass is 267 g/mol. The molecule has 0 aliphatic heterocycles. The van der Waals surface area contributed by atoms with Gasteiger partial charge in [-0.15, -0.1) is 0 Å². The van der Waals surface area contributed by atoms with Gasteiger partial charge in [-0.1, -0.05) is 12.8 Å². The average molecular weight is 267 g/mol. The van der Waals surface area contributed by atoms with Crippen molar-refractivity contribution in [2.24, 2.45) is 5.73 Å². The Kier molecular flexibility index (Phi) is 5.13. The molecule has 1 aromatic heterocycles. The zero-order valence-electron chi connectivity index (χ0n) is 11.6. The van der Waals surface area contributed by atoms with E-state index in [9.17, 15) is 0 Å². The molecule has 3 nitrogen and oxygen atoms in total. The molecule has 1 aromatic rings. The molecule has 1 aliphatic carbocycles. The van der Waals surface area contributed by atoms with Gasteiger partial charge in [0.2, 0.25) is 0 Å². The molecule has 1 unspecified atom stereocenters. The largest absolute Gasteiger partial charge is 0.327 e. The van der Waals surface area contributed by atoms with Crippen molar-refractivity contribution >= 4 is 11.8 Å². The van der Waals surface area contributed by atoms with Crippen LogP contribution in [0.2, 0.25) is 0 Å². The second kappa shape index (κ2) is 6.62. The lowest BCUT2D eigenvalue weighted by molar-refractivity contribution is 0.594. The minimum atomic E-state index is 0.261. The van der Waals surface area contributed by atoms with Gasteiger partial charge in [0.05, 0.1) is 5.69 Å². The van der Waals surface area contributed by atoms with Crippen molar-refractivity contribution in [3.63, 3.8) is 0 Å². The van der Waals surface area contributed by atoms with Crippen molar-refractivity contribution in [2.75, 3.05) is 5.75 Å². The van der Waals surface area contributed by atoms with Gasteiger partial charge in [0.15, 0.2) is 0 Å². The molecule has 1 atom stereocenters. The Labute approximate surface area is 115 Å². The van der Waals surface area contributed by atoms with Gasteiger partial charge < -0.3 is 5.73 Å². The number of hydrogen-bond donors (Lipinski definition) is 1. The number of rotatable bonds is 6. The van der Waals surface area contributed by atoms with Gasteiger partial charge in [0, 0.05) is 35.7 Å². The van der Waals surface area contributed by atoms with Crippen molar-refractivity contribution < 1.29 is 0 Å². The van der Waals surface area contributed by atoms with Crippen molar-refractivity contribution in [3.05, 3.63) is 17.5 Å². The molecule has 0 saturated heterocycles. The summed E-state index contributed by atoms with van der Waals surface area (Å²) in [5.74, 6) is 1.08. The van der Waals surface area contributed by atoms with E-state index in [4.69, 9.17) is 5.73 Å². The normalized spacial score (nSPS) is 18.4. The molecular weight excluding hydrogens is 242 g/mol. The first-order valence-electron chi connectivity index (χ1n) is 7.09. The van der Waals surface area contributed by atoms with Crippen molar-refractivity contribution in [3.8, 4) is 0 Å². The number of nitrogens with two attached hydrogens (primary N) is 1. The SMILES string of the molecule is CCn1nc(C)cc1CC(N)CSC1CCCC1. The number of thioether (sulfide) groups is 1. The fourth-order valence-electron chi connectivity index (χ4n) is 2.68. The highest BCUT2D eigenvalue weighted by Gasteiger charge is 2.17. The number of aryl methyl sites for hydroxylation is 2. The molecule has 1 saturated carbocycles. The van der Waals surface area contributed by atoms with Gasteiger partial charge in [-0.25, -0.2) is 0 Å². The van der Waals surface area contributed by atoms with Crippen LogP contribution in [-0.2, 0) is 13.0 Å². The van der Waals surface area contributed by atoms with Crippen LogP contribution >= 0.6 is 11.8 Å². The lowest BCUT2D eigenvalue weighted by Crippen LogP contribution is -2.27. The van der Waals surface area contributed by atoms with E-state index in [0.717, 1.165) is 29.7 Å². The maximum atomic E-state index is 6.25. The molecular formula is C14H25N3S. The second-order valence-corrected chi connectivity index (χ2v) is 6.63. The maximum Gasteiger partial charge on any atom is 0.0596 e. The summed E-state index contributed by atoms with van der Waals surface area (Å²) in [5.41, 5.74) is 8.64. The Morgan fingerprint density at radius 1 is 1.50 bits per heavy atom. The average Bonchev–Trinajstić information content (AvgIpc) is 2.96. The van der Waals surface area contributed by atoms with E-state index in [1.807, 2.05) is 0 Å². The third-order valence-electron chi connectivity index (χ3n) is 3.60. The van der Waals surface area contributed by atoms with E-state index < -0.39 is 0 Å². The summed E-state index contributed by atoms with van der Waals surface area (Å²) in [6.07, 6.45) is 6.56. The highest BCUT2D eigenvalue weighted by atomic mass is 32.2. The Hall–Kier alpha value is -0.480. The molecule has 2 rings (SSSR count). The summed E-state index contributed by atoms with van der Waals surface area (Å²) in [6.45, 7) is 5.12. The third-order valence-corrected chi connectivity index (χ3v) is 5.17. The molecule has 0 radical (unpaired) electrons. The van der Waals surface area contributed by atoms with E-state index in [-0.39, 0.29) is 6.04 Å². The number of aromatic nitrogens is 2. The fourth-order valence-corrected chi connectivity index (χ4v) is 3.98. The van der Waals surface area contributed by atoms with Gasteiger partial charge in [0.25, 0.3) is 0 Å². The molecule has 1 heterocycles. The minimum Gasteiger partial charge on any atom is -0.327 e. The zero-order chi connectivity index (χ0) is 13.0. The van der Waals surface area contributed by atoms with Crippen molar-refractivity contribution in [2.45, 2.75) is 63.8 Å². The molecule has 18 heavy (non-hydrogen) atoms. The summed E-state index contributed by atoms with van der Waals surface area (Å²) in [6, 6.07) is 2.43. The third kappa shape index (κ3) is 3.75. The molecule has 0 bridgehead atoms. The molecule has 2 N–H and O–H groups in total. The van der Waals surface area contributed by atoms with Gasteiger partial charge in [-0.3, -0.25) is 4.68 Å². The van der Waals surface area contributed by atoms with Crippen LogP contribution in [0.15, 0.2) is 6.07 Å². The van der Waals surface area contributed by atoms with E-state index in [1.54, 1.807) is 0 Å². The van der Waals surface area contributed by atoms with E-state index in [0.29, 0.717) is 0 Å². The fraction of sp³-hybridized carbons (Fsp3) is 0.786. The molecule has 0 aromatic carbocycles. The van der Waals surface area contributed by atoms with Crippen molar-refractivity contribution in [1.29, 1.82) is 0 Å². The Balaban J connectivity index is 1.80. The number of nitrogens with zero attached hydrogens (tertiary/aromatic N) is 2. The maximum absolute atomic E-state index is 6.25. The van der Waals surface area contributed by atoms with Crippen LogP contribution in [0.25, 0.3) is 0 Å². The summed E-state index contributed by atoms with van der Waals surface area (Å²) in [7, 11) is 0. The van der Waals surface area contributed by atoms with Crippen LogP contribution in [0.1, 0.15) is 44.0 Å². The predicted octanol–water partition coefficient (Wildman–Crippen LogP) is 2.76. The first-order chi connectivity index (χ1) is 8.69. The molecule has 1 aliphatic rings. The zero-order valence-corrected chi connectivity index (χ0v) is 12.4. The highest BCUT2D eigenvalue weighted by molar-refractivity contribution is 7.99. The van der Waals surface area contributed by atoms with E-state index >= 15 is 0 Å². The first-order valence-corrected chi connectivity index (χ1v) is 8.14. The summed E-state index contributed by atoms with van der Waals surface area (Å²) in [5, 5.41) is 5.34. The van der Waals surface area contributed by atoms with Gasteiger partial charge in [-0.2, -0.15) is 16.9 Å². The standard InChI is InChI=1S/C14H25N3S/c1-3-17-13(8-11(2)16-17)9-12(15)10-18-14-6-4-5-7-14/h8,12,14H,3-7,9-10,15H2,1-2H3. The molecule has 1 fully saturated rings. The molecule has 0 spiro atoms. The molecule has 0 amide bonds. The van der Waals surface area contributed by atoms with Crippen LogP contribution < -0.4 is 5.73 Å². The first kappa shape index (κ1) is 13.9. The van der Waals surface area contributed by atoms with Crippen LogP contribution in [0.4, 0.5) is 0 Å².